The molecule has 1 aliphatic heterocycles. The van der Waals surface area contributed by atoms with Crippen LogP contribution in [0.15, 0.2) is 0 Å². The topological polar surface area (TPSA) is 78.5 Å². The van der Waals surface area contributed by atoms with Gasteiger partial charge in [-0.1, -0.05) is 6.92 Å². The molecule has 6 nitrogen and oxygen atoms in total. The molecule has 1 unspecified atom stereocenters. The van der Waals surface area contributed by atoms with Crippen molar-refractivity contribution in [3.8, 4) is 0 Å². The maximum absolute atomic E-state index is 11.9. The predicted molar refractivity (Wildman–Crippen MR) is 70.7 cm³/mol. The summed E-state index contributed by atoms with van der Waals surface area (Å²) in [6.45, 7) is 4.70. The number of hydrogen-bond donors (Lipinski definition) is 2. The van der Waals surface area contributed by atoms with Crippen molar-refractivity contribution in [2.45, 2.75) is 32.2 Å². The molecule has 1 fully saturated rings. The molecule has 0 aromatic rings. The second-order valence-corrected chi connectivity index (χ2v) is 6.47. The second kappa shape index (κ2) is 7.06. The summed E-state index contributed by atoms with van der Waals surface area (Å²) in [6.07, 6.45) is 3.65. The molecule has 1 heterocycles. The third-order valence-electron chi connectivity index (χ3n) is 2.91. The van der Waals surface area contributed by atoms with Crippen LogP contribution in [0.25, 0.3) is 0 Å². The lowest BCUT2D eigenvalue weighted by Gasteiger charge is -2.17. The zero-order valence-electron chi connectivity index (χ0n) is 11.1. The monoisotopic (exact) mass is 277 g/mol. The van der Waals surface area contributed by atoms with Crippen LogP contribution in [0.2, 0.25) is 0 Å². The highest BCUT2D eigenvalue weighted by Crippen LogP contribution is 2.11. The fraction of sp³-hybridized carbons (Fsp3) is 0.909. The molecule has 0 bridgehead atoms. The minimum absolute atomic E-state index is 0.0483. The number of nitrogens with zero attached hydrogens (tertiary/aromatic N) is 1. The molecule has 0 spiro atoms. The Morgan fingerprint density at radius 3 is 2.72 bits per heavy atom. The molecule has 0 saturated carbocycles. The number of rotatable bonds is 8. The van der Waals surface area contributed by atoms with Crippen molar-refractivity contribution < 1.29 is 13.2 Å². The number of carbonyl (C=O) groups is 1. The largest absolute Gasteiger partial charge is 0.341 e. The van der Waals surface area contributed by atoms with Gasteiger partial charge in [0.25, 0.3) is 0 Å². The van der Waals surface area contributed by atoms with Crippen molar-refractivity contribution in [1.82, 2.24) is 14.9 Å². The van der Waals surface area contributed by atoms with Crippen LogP contribution < -0.4 is 10.0 Å². The van der Waals surface area contributed by atoms with Crippen LogP contribution in [0.3, 0.4) is 0 Å². The molecule has 106 valence electrons. The van der Waals surface area contributed by atoms with Crippen molar-refractivity contribution in [3.63, 3.8) is 0 Å². The maximum Gasteiger partial charge on any atom is 0.239 e. The van der Waals surface area contributed by atoms with E-state index in [1.807, 2.05) is 0 Å². The van der Waals surface area contributed by atoms with E-state index in [0.717, 1.165) is 32.2 Å². The van der Waals surface area contributed by atoms with Crippen LogP contribution in [-0.4, -0.2) is 57.7 Å². The van der Waals surface area contributed by atoms with E-state index in [9.17, 15) is 13.2 Å². The number of nitrogens with one attached hydrogen (secondary N) is 2. The number of sulfonamides is 1. The zero-order chi connectivity index (χ0) is 13.6. The number of amides is 1. The molecule has 1 atom stereocenters. The van der Waals surface area contributed by atoms with Gasteiger partial charge in [0.15, 0.2) is 0 Å². The zero-order valence-corrected chi connectivity index (χ0v) is 11.9. The predicted octanol–water partition coefficient (Wildman–Crippen LogP) is -0.474. The SMILES string of the molecule is CCCNC1CCN(CCCNS(C)(=O)=O)C1=O. The fourth-order valence-corrected chi connectivity index (χ4v) is 2.51. The average molecular weight is 277 g/mol. The quantitative estimate of drug-likeness (QED) is 0.588. The van der Waals surface area contributed by atoms with Crippen LogP contribution in [0.5, 0.6) is 0 Å². The van der Waals surface area contributed by atoms with E-state index in [-0.39, 0.29) is 11.9 Å². The Kier molecular flexibility index (Phi) is 6.04. The van der Waals surface area contributed by atoms with Gasteiger partial charge < -0.3 is 10.2 Å². The van der Waals surface area contributed by atoms with E-state index in [0.29, 0.717) is 19.5 Å². The third-order valence-corrected chi connectivity index (χ3v) is 3.64. The van der Waals surface area contributed by atoms with Gasteiger partial charge in [-0.25, -0.2) is 13.1 Å². The van der Waals surface area contributed by atoms with Crippen molar-refractivity contribution in [2.24, 2.45) is 0 Å². The Labute approximate surface area is 109 Å². The highest BCUT2D eigenvalue weighted by Gasteiger charge is 2.30. The van der Waals surface area contributed by atoms with E-state index in [1.54, 1.807) is 4.90 Å². The Morgan fingerprint density at radius 1 is 1.39 bits per heavy atom. The summed E-state index contributed by atoms with van der Waals surface area (Å²) in [5, 5.41) is 3.22. The molecule has 2 N–H and O–H groups in total. The summed E-state index contributed by atoms with van der Waals surface area (Å²) in [5.74, 6) is 0.141. The normalized spacial score (nSPS) is 20.7. The molecule has 1 saturated heterocycles. The van der Waals surface area contributed by atoms with E-state index in [2.05, 4.69) is 17.0 Å². The molecule has 0 aromatic heterocycles. The van der Waals surface area contributed by atoms with Crippen molar-refractivity contribution >= 4 is 15.9 Å². The molecular weight excluding hydrogens is 254 g/mol. The highest BCUT2D eigenvalue weighted by atomic mass is 32.2. The Hall–Kier alpha value is -0.660. The second-order valence-electron chi connectivity index (χ2n) is 4.64. The summed E-state index contributed by atoms with van der Waals surface area (Å²) in [5.41, 5.74) is 0. The summed E-state index contributed by atoms with van der Waals surface area (Å²) >= 11 is 0. The average Bonchev–Trinajstić information content (AvgIpc) is 2.62. The lowest BCUT2D eigenvalue weighted by molar-refractivity contribution is -0.129. The van der Waals surface area contributed by atoms with Gasteiger partial charge in [-0.2, -0.15) is 0 Å². The molecular formula is C11H23N3O3S. The van der Waals surface area contributed by atoms with Crippen LogP contribution >= 0.6 is 0 Å². The summed E-state index contributed by atoms with van der Waals surface area (Å²) in [6, 6.07) is -0.0483. The highest BCUT2D eigenvalue weighted by molar-refractivity contribution is 7.88. The van der Waals surface area contributed by atoms with Gasteiger partial charge >= 0.3 is 0 Å². The Balaban J connectivity index is 2.22. The van der Waals surface area contributed by atoms with E-state index < -0.39 is 10.0 Å². The van der Waals surface area contributed by atoms with Gasteiger partial charge in [-0.15, -0.1) is 0 Å². The molecule has 0 aliphatic carbocycles. The van der Waals surface area contributed by atoms with Gasteiger partial charge in [0.05, 0.1) is 12.3 Å². The van der Waals surface area contributed by atoms with E-state index in [1.165, 1.54) is 0 Å². The molecule has 1 amide bonds. The summed E-state index contributed by atoms with van der Waals surface area (Å²) in [4.78, 5) is 13.7. The van der Waals surface area contributed by atoms with Crippen LogP contribution in [0.4, 0.5) is 0 Å². The minimum Gasteiger partial charge on any atom is -0.341 e. The standard InChI is InChI=1S/C11H23N3O3S/c1-3-6-12-10-5-9-14(11(10)15)8-4-7-13-18(2,16)17/h10,12-13H,3-9H2,1-2H3. The first-order valence-corrected chi connectivity index (χ1v) is 8.30. The van der Waals surface area contributed by atoms with Gasteiger partial charge in [0.1, 0.15) is 0 Å². The van der Waals surface area contributed by atoms with Gasteiger partial charge in [-0.3, -0.25) is 4.79 Å². The lowest BCUT2D eigenvalue weighted by atomic mass is 10.2. The molecule has 1 rings (SSSR count). The van der Waals surface area contributed by atoms with E-state index >= 15 is 0 Å². The molecule has 1 aliphatic rings. The van der Waals surface area contributed by atoms with E-state index in [4.69, 9.17) is 0 Å². The maximum atomic E-state index is 11.9. The Bertz CT molecular complexity index is 370. The summed E-state index contributed by atoms with van der Waals surface area (Å²) < 4.78 is 24.1. The third kappa shape index (κ3) is 5.32. The van der Waals surface area contributed by atoms with Gasteiger partial charge in [-0.05, 0) is 25.8 Å². The van der Waals surface area contributed by atoms with Gasteiger partial charge in [0.2, 0.25) is 15.9 Å². The first-order valence-electron chi connectivity index (χ1n) is 6.41. The molecule has 7 heteroatoms. The minimum atomic E-state index is -3.12. The first-order chi connectivity index (χ1) is 8.44. The molecule has 18 heavy (non-hydrogen) atoms. The van der Waals surface area contributed by atoms with Crippen molar-refractivity contribution in [2.75, 3.05) is 32.4 Å². The molecule has 0 aromatic carbocycles. The fourth-order valence-electron chi connectivity index (χ4n) is 2.00. The number of likely N-dealkylation sites (tertiary alicyclic amines) is 1. The van der Waals surface area contributed by atoms with Crippen molar-refractivity contribution in [1.29, 1.82) is 0 Å². The first kappa shape index (κ1) is 15.4. The molecule has 0 radical (unpaired) electrons. The van der Waals surface area contributed by atoms with Crippen molar-refractivity contribution in [3.05, 3.63) is 0 Å². The van der Waals surface area contributed by atoms with Gasteiger partial charge in [0, 0.05) is 19.6 Å². The summed E-state index contributed by atoms with van der Waals surface area (Å²) in [7, 11) is -3.12. The van der Waals surface area contributed by atoms with Crippen LogP contribution in [-0.2, 0) is 14.8 Å². The smallest absolute Gasteiger partial charge is 0.239 e. The Morgan fingerprint density at radius 2 is 2.11 bits per heavy atom. The lowest BCUT2D eigenvalue weighted by Crippen LogP contribution is -2.39. The van der Waals surface area contributed by atoms with Crippen LogP contribution in [0, 0.1) is 0 Å². The number of hydrogen-bond acceptors (Lipinski definition) is 4. The number of carbonyl (C=O) groups excluding carboxylic acids is 1. The van der Waals surface area contributed by atoms with Crippen LogP contribution in [0.1, 0.15) is 26.2 Å².